The summed E-state index contributed by atoms with van der Waals surface area (Å²) in [5, 5.41) is 15.3. The number of rotatable bonds is 3. The summed E-state index contributed by atoms with van der Waals surface area (Å²) in [6, 6.07) is 8.69. The number of aliphatic hydroxyl groups excluding tert-OH is 1. The van der Waals surface area contributed by atoms with Crippen LogP contribution in [0, 0.1) is 0 Å². The molecule has 106 valence electrons. The van der Waals surface area contributed by atoms with E-state index in [9.17, 15) is 5.11 Å². The van der Waals surface area contributed by atoms with E-state index in [1.807, 2.05) is 0 Å². The maximum absolute atomic E-state index is 10.4. The molecule has 1 aromatic carbocycles. The van der Waals surface area contributed by atoms with Crippen LogP contribution in [0.3, 0.4) is 0 Å². The zero-order valence-corrected chi connectivity index (χ0v) is 12.2. The predicted octanol–water partition coefficient (Wildman–Crippen LogP) is 3.05. The highest BCUT2D eigenvalue weighted by molar-refractivity contribution is 6.43. The Hall–Kier alpha value is -1.95. The molecular weight excluding hydrogens is 311 g/mol. The lowest BCUT2D eigenvalue weighted by Crippen LogP contribution is -2.10. The van der Waals surface area contributed by atoms with Crippen LogP contribution in [0.15, 0.2) is 49.1 Å². The quantitative estimate of drug-likeness (QED) is 0.805. The van der Waals surface area contributed by atoms with Crippen molar-refractivity contribution in [2.24, 2.45) is 0 Å². The van der Waals surface area contributed by atoms with Gasteiger partial charge in [0.25, 0.3) is 0 Å². The molecule has 0 saturated carbocycles. The van der Waals surface area contributed by atoms with Gasteiger partial charge in [-0.05, 0) is 18.2 Å². The number of hydrogen-bond acceptors (Lipinski definition) is 4. The molecule has 0 aliphatic heterocycles. The third-order valence-corrected chi connectivity index (χ3v) is 3.79. The van der Waals surface area contributed by atoms with E-state index in [2.05, 4.69) is 15.1 Å². The summed E-state index contributed by atoms with van der Waals surface area (Å²) >= 11 is 12.2. The Kier molecular flexibility index (Phi) is 3.88. The summed E-state index contributed by atoms with van der Waals surface area (Å²) < 4.78 is 1.46. The summed E-state index contributed by atoms with van der Waals surface area (Å²) in [6.07, 6.45) is 3.60. The van der Waals surface area contributed by atoms with Gasteiger partial charge in [0.15, 0.2) is 5.82 Å². The fraction of sp³-hybridized carbons (Fsp3) is 0.0714. The smallest absolute Gasteiger partial charge is 0.165 e. The standard InChI is InChI=1S/C14H10Cl2N4O/c15-10-4-1-5-11(12(10)16)20-14(18-8-19-20)13(21)9-3-2-6-17-7-9/h1-8,13,21H. The Morgan fingerprint density at radius 2 is 2.00 bits per heavy atom. The minimum Gasteiger partial charge on any atom is -0.380 e. The van der Waals surface area contributed by atoms with Crippen LogP contribution in [-0.2, 0) is 0 Å². The number of halogens is 2. The van der Waals surface area contributed by atoms with E-state index < -0.39 is 6.10 Å². The number of pyridine rings is 1. The molecule has 0 amide bonds. The third kappa shape index (κ3) is 2.63. The molecule has 2 aromatic heterocycles. The van der Waals surface area contributed by atoms with Gasteiger partial charge >= 0.3 is 0 Å². The van der Waals surface area contributed by atoms with Crippen LogP contribution in [0.4, 0.5) is 0 Å². The average Bonchev–Trinajstić information content (AvgIpc) is 2.99. The lowest BCUT2D eigenvalue weighted by molar-refractivity contribution is 0.206. The molecule has 1 N–H and O–H groups in total. The Labute approximate surface area is 130 Å². The van der Waals surface area contributed by atoms with Gasteiger partial charge in [0, 0.05) is 18.0 Å². The van der Waals surface area contributed by atoms with E-state index in [4.69, 9.17) is 23.2 Å². The SMILES string of the molecule is OC(c1cccnc1)c1ncnn1-c1cccc(Cl)c1Cl. The Bertz CT molecular complexity index is 761. The van der Waals surface area contributed by atoms with Crippen molar-refractivity contribution in [2.45, 2.75) is 6.10 Å². The van der Waals surface area contributed by atoms with E-state index in [0.29, 0.717) is 27.1 Å². The zero-order valence-electron chi connectivity index (χ0n) is 10.7. The lowest BCUT2D eigenvalue weighted by atomic mass is 10.1. The molecule has 0 aliphatic rings. The molecule has 0 bridgehead atoms. The maximum Gasteiger partial charge on any atom is 0.165 e. The highest BCUT2D eigenvalue weighted by atomic mass is 35.5. The molecule has 2 heterocycles. The lowest BCUT2D eigenvalue weighted by Gasteiger charge is -2.13. The fourth-order valence-electron chi connectivity index (χ4n) is 1.97. The van der Waals surface area contributed by atoms with Crippen LogP contribution in [-0.4, -0.2) is 24.9 Å². The summed E-state index contributed by atoms with van der Waals surface area (Å²) in [7, 11) is 0. The number of benzene rings is 1. The monoisotopic (exact) mass is 320 g/mol. The Morgan fingerprint density at radius 3 is 2.76 bits per heavy atom. The first-order chi connectivity index (χ1) is 10.2. The molecule has 21 heavy (non-hydrogen) atoms. The van der Waals surface area contributed by atoms with E-state index >= 15 is 0 Å². The highest BCUT2D eigenvalue weighted by Crippen LogP contribution is 2.30. The van der Waals surface area contributed by atoms with Crippen molar-refractivity contribution in [3.8, 4) is 5.69 Å². The zero-order chi connectivity index (χ0) is 14.8. The largest absolute Gasteiger partial charge is 0.380 e. The van der Waals surface area contributed by atoms with Crippen molar-refractivity contribution in [1.82, 2.24) is 19.7 Å². The van der Waals surface area contributed by atoms with Gasteiger partial charge in [0.1, 0.15) is 12.4 Å². The van der Waals surface area contributed by atoms with Gasteiger partial charge in [0.2, 0.25) is 0 Å². The molecular formula is C14H10Cl2N4O. The minimum atomic E-state index is -0.962. The van der Waals surface area contributed by atoms with Crippen LogP contribution < -0.4 is 0 Å². The van der Waals surface area contributed by atoms with Crippen LogP contribution in [0.2, 0.25) is 10.0 Å². The summed E-state index contributed by atoms with van der Waals surface area (Å²) in [4.78, 5) is 8.10. The molecule has 0 fully saturated rings. The van der Waals surface area contributed by atoms with Crippen LogP contribution >= 0.6 is 23.2 Å². The first-order valence-corrected chi connectivity index (χ1v) is 6.86. The van der Waals surface area contributed by atoms with Crippen molar-refractivity contribution < 1.29 is 5.11 Å². The van der Waals surface area contributed by atoms with Gasteiger partial charge in [-0.1, -0.05) is 35.3 Å². The van der Waals surface area contributed by atoms with Gasteiger partial charge in [-0.15, -0.1) is 0 Å². The Balaban J connectivity index is 2.08. The summed E-state index contributed by atoms with van der Waals surface area (Å²) in [6.45, 7) is 0. The third-order valence-electron chi connectivity index (χ3n) is 2.98. The molecule has 0 radical (unpaired) electrons. The molecule has 1 atom stereocenters. The van der Waals surface area contributed by atoms with Crippen molar-refractivity contribution in [3.05, 3.63) is 70.5 Å². The molecule has 1 unspecified atom stereocenters. The van der Waals surface area contributed by atoms with E-state index in [-0.39, 0.29) is 0 Å². The molecule has 3 rings (SSSR count). The second kappa shape index (κ2) is 5.81. The van der Waals surface area contributed by atoms with Gasteiger partial charge < -0.3 is 5.11 Å². The van der Waals surface area contributed by atoms with Crippen molar-refractivity contribution in [1.29, 1.82) is 0 Å². The molecule has 0 saturated heterocycles. The van der Waals surface area contributed by atoms with Gasteiger partial charge in [-0.3, -0.25) is 4.98 Å². The second-order valence-corrected chi connectivity index (χ2v) is 5.08. The highest BCUT2D eigenvalue weighted by Gasteiger charge is 2.20. The van der Waals surface area contributed by atoms with E-state index in [0.717, 1.165) is 0 Å². The topological polar surface area (TPSA) is 63.8 Å². The van der Waals surface area contributed by atoms with E-state index in [1.165, 1.54) is 11.0 Å². The van der Waals surface area contributed by atoms with Crippen LogP contribution in [0.5, 0.6) is 0 Å². The Morgan fingerprint density at radius 1 is 1.14 bits per heavy atom. The molecule has 0 aliphatic carbocycles. The predicted molar refractivity (Wildman–Crippen MR) is 79.7 cm³/mol. The number of hydrogen-bond donors (Lipinski definition) is 1. The van der Waals surface area contributed by atoms with Gasteiger partial charge in [-0.2, -0.15) is 5.10 Å². The fourth-order valence-corrected chi connectivity index (χ4v) is 2.34. The minimum absolute atomic E-state index is 0.340. The summed E-state index contributed by atoms with van der Waals surface area (Å²) in [5.41, 5.74) is 1.17. The number of aliphatic hydroxyl groups is 1. The second-order valence-electron chi connectivity index (χ2n) is 4.29. The molecule has 0 spiro atoms. The first-order valence-electron chi connectivity index (χ1n) is 6.11. The van der Waals surface area contributed by atoms with E-state index in [1.54, 1.807) is 42.7 Å². The number of aromatic nitrogens is 4. The van der Waals surface area contributed by atoms with Crippen LogP contribution in [0.25, 0.3) is 5.69 Å². The maximum atomic E-state index is 10.4. The average molecular weight is 321 g/mol. The normalized spacial score (nSPS) is 12.3. The van der Waals surface area contributed by atoms with Crippen molar-refractivity contribution in [2.75, 3.05) is 0 Å². The van der Waals surface area contributed by atoms with Gasteiger partial charge in [0.05, 0.1) is 15.7 Å². The first kappa shape index (κ1) is 14.0. The van der Waals surface area contributed by atoms with Gasteiger partial charge in [-0.25, -0.2) is 9.67 Å². The van der Waals surface area contributed by atoms with Crippen molar-refractivity contribution >= 4 is 23.2 Å². The molecule has 5 nitrogen and oxygen atoms in total. The van der Waals surface area contributed by atoms with Crippen LogP contribution in [0.1, 0.15) is 17.5 Å². The van der Waals surface area contributed by atoms with Crippen molar-refractivity contribution in [3.63, 3.8) is 0 Å². The number of nitrogens with zero attached hydrogens (tertiary/aromatic N) is 4. The molecule has 3 aromatic rings. The molecule has 7 heteroatoms. The summed E-state index contributed by atoms with van der Waals surface area (Å²) in [5.74, 6) is 0.340.